The third-order valence-corrected chi connectivity index (χ3v) is 4.89. The third-order valence-electron chi connectivity index (χ3n) is 3.21. The van der Waals surface area contributed by atoms with E-state index < -0.39 is 0 Å². The van der Waals surface area contributed by atoms with Gasteiger partial charge in [-0.3, -0.25) is 4.79 Å². The molecule has 0 bridgehead atoms. The van der Waals surface area contributed by atoms with Crippen molar-refractivity contribution in [3.63, 3.8) is 0 Å². The quantitative estimate of drug-likeness (QED) is 0.840. The minimum atomic E-state index is -0.147. The molecule has 0 radical (unpaired) electrons. The Labute approximate surface area is 130 Å². The number of amides is 1. The number of halogens is 1. The summed E-state index contributed by atoms with van der Waals surface area (Å²) in [7, 11) is 0. The lowest BCUT2D eigenvalue weighted by atomic mass is 10.1. The first-order valence-electron chi connectivity index (χ1n) is 6.23. The summed E-state index contributed by atoms with van der Waals surface area (Å²) < 4.78 is 1.05. The summed E-state index contributed by atoms with van der Waals surface area (Å²) in [6.07, 6.45) is 1.61. The molecule has 1 aromatic carbocycles. The summed E-state index contributed by atoms with van der Waals surface area (Å²) in [5.74, 6) is 0.0359. The Kier molecular flexibility index (Phi) is 3.63. The second-order valence-electron chi connectivity index (χ2n) is 4.48. The predicted molar refractivity (Wildman–Crippen MR) is 86.1 cm³/mol. The zero-order chi connectivity index (χ0) is 14.1. The van der Waals surface area contributed by atoms with Gasteiger partial charge in [0.05, 0.1) is 9.35 Å². The Hall–Kier alpha value is -1.59. The normalized spacial score (nSPS) is 17.6. The minimum absolute atomic E-state index is 0.0359. The van der Waals surface area contributed by atoms with E-state index in [1.54, 1.807) is 22.3 Å². The monoisotopic (exact) mass is 348 g/mol. The molecule has 1 aromatic heterocycles. The average molecular weight is 349 g/mol. The van der Waals surface area contributed by atoms with Gasteiger partial charge in [0.1, 0.15) is 6.17 Å². The lowest BCUT2D eigenvalue weighted by Crippen LogP contribution is -2.42. The molecule has 2 aromatic rings. The standard InChI is InChI=1S/C15H13BrN2OS/c1-2-9-18-14(12-7-8-13(16)20-12)17-11-6-4-3-5-10(11)15(18)19/h2-8,14,17H,1,9H2/t14-/m0/s1. The maximum atomic E-state index is 12.6. The second kappa shape index (κ2) is 5.42. The number of nitrogens with zero attached hydrogens (tertiary/aromatic N) is 1. The molecule has 1 N–H and O–H groups in total. The van der Waals surface area contributed by atoms with Crippen molar-refractivity contribution in [1.82, 2.24) is 4.90 Å². The lowest BCUT2D eigenvalue weighted by Gasteiger charge is -2.36. The van der Waals surface area contributed by atoms with E-state index in [0.29, 0.717) is 12.1 Å². The van der Waals surface area contributed by atoms with Crippen molar-refractivity contribution in [1.29, 1.82) is 0 Å². The first kappa shape index (κ1) is 13.4. The van der Waals surface area contributed by atoms with Crippen molar-refractivity contribution in [3.05, 3.63) is 63.3 Å². The predicted octanol–water partition coefficient (Wildman–Crippen LogP) is 4.26. The largest absolute Gasteiger partial charge is 0.360 e. The Morgan fingerprint density at radius 1 is 1.35 bits per heavy atom. The first-order valence-corrected chi connectivity index (χ1v) is 7.84. The molecule has 0 unspecified atom stereocenters. The molecule has 1 aliphatic rings. The van der Waals surface area contributed by atoms with Gasteiger partial charge in [0.2, 0.25) is 0 Å². The van der Waals surface area contributed by atoms with Crippen LogP contribution in [-0.4, -0.2) is 17.4 Å². The van der Waals surface area contributed by atoms with Crippen LogP contribution in [0.2, 0.25) is 0 Å². The van der Waals surface area contributed by atoms with Crippen molar-refractivity contribution in [2.24, 2.45) is 0 Å². The molecule has 0 saturated carbocycles. The highest BCUT2D eigenvalue weighted by atomic mass is 79.9. The summed E-state index contributed by atoms with van der Waals surface area (Å²) in [4.78, 5) is 15.5. The Morgan fingerprint density at radius 2 is 2.15 bits per heavy atom. The van der Waals surface area contributed by atoms with Gasteiger partial charge in [-0.1, -0.05) is 18.2 Å². The van der Waals surface area contributed by atoms with Crippen LogP contribution < -0.4 is 5.32 Å². The molecule has 102 valence electrons. The second-order valence-corrected chi connectivity index (χ2v) is 6.98. The number of nitrogens with one attached hydrogen (secondary N) is 1. The van der Waals surface area contributed by atoms with Gasteiger partial charge >= 0.3 is 0 Å². The number of hydrogen-bond acceptors (Lipinski definition) is 3. The molecule has 2 heterocycles. The average Bonchev–Trinajstić information content (AvgIpc) is 2.88. The molecule has 0 spiro atoms. The number of carbonyl (C=O) groups is 1. The fraction of sp³-hybridized carbons (Fsp3) is 0.133. The number of para-hydroxylation sites is 1. The van der Waals surface area contributed by atoms with Crippen LogP contribution >= 0.6 is 27.3 Å². The van der Waals surface area contributed by atoms with Crippen molar-refractivity contribution < 1.29 is 4.79 Å². The van der Waals surface area contributed by atoms with Crippen molar-refractivity contribution in [2.75, 3.05) is 11.9 Å². The summed E-state index contributed by atoms with van der Waals surface area (Å²) in [6.45, 7) is 4.27. The van der Waals surface area contributed by atoms with Crippen molar-refractivity contribution in [2.45, 2.75) is 6.17 Å². The van der Waals surface area contributed by atoms with Gasteiger partial charge < -0.3 is 10.2 Å². The van der Waals surface area contributed by atoms with Crippen LogP contribution in [0, 0.1) is 0 Å². The summed E-state index contributed by atoms with van der Waals surface area (Å²) in [5, 5.41) is 3.44. The van der Waals surface area contributed by atoms with E-state index in [1.165, 1.54) is 0 Å². The maximum absolute atomic E-state index is 12.6. The van der Waals surface area contributed by atoms with Gasteiger partial charge in [0.25, 0.3) is 5.91 Å². The number of rotatable bonds is 3. The maximum Gasteiger partial charge on any atom is 0.258 e. The zero-order valence-electron chi connectivity index (χ0n) is 10.7. The number of anilines is 1. The van der Waals surface area contributed by atoms with Gasteiger partial charge in [-0.05, 0) is 40.2 Å². The van der Waals surface area contributed by atoms with Crippen LogP contribution in [0.4, 0.5) is 5.69 Å². The molecular weight excluding hydrogens is 336 g/mol. The molecular formula is C15H13BrN2OS. The van der Waals surface area contributed by atoms with E-state index in [4.69, 9.17) is 0 Å². The van der Waals surface area contributed by atoms with Crippen LogP contribution in [0.15, 0.2) is 52.8 Å². The Balaban J connectivity index is 2.05. The Morgan fingerprint density at radius 3 is 2.85 bits per heavy atom. The number of thiophene rings is 1. The van der Waals surface area contributed by atoms with Gasteiger partial charge in [-0.25, -0.2) is 0 Å². The lowest BCUT2D eigenvalue weighted by molar-refractivity contribution is 0.0710. The number of benzene rings is 1. The molecule has 3 nitrogen and oxygen atoms in total. The van der Waals surface area contributed by atoms with E-state index in [-0.39, 0.29) is 12.1 Å². The van der Waals surface area contributed by atoms with Crippen LogP contribution in [0.25, 0.3) is 0 Å². The minimum Gasteiger partial charge on any atom is -0.360 e. The first-order chi connectivity index (χ1) is 9.70. The molecule has 0 saturated heterocycles. The van der Waals surface area contributed by atoms with E-state index >= 15 is 0 Å². The summed E-state index contributed by atoms with van der Waals surface area (Å²) in [6, 6.07) is 11.6. The molecule has 1 amide bonds. The van der Waals surface area contributed by atoms with Gasteiger partial charge in [-0.2, -0.15) is 0 Å². The number of hydrogen-bond donors (Lipinski definition) is 1. The Bertz CT molecular complexity index is 667. The fourth-order valence-electron chi connectivity index (χ4n) is 2.32. The highest BCUT2D eigenvalue weighted by Gasteiger charge is 2.32. The van der Waals surface area contributed by atoms with Crippen LogP contribution in [0.3, 0.4) is 0 Å². The summed E-state index contributed by atoms with van der Waals surface area (Å²) >= 11 is 5.10. The molecule has 0 aliphatic carbocycles. The van der Waals surface area contributed by atoms with Crippen molar-refractivity contribution in [3.8, 4) is 0 Å². The van der Waals surface area contributed by atoms with E-state index in [9.17, 15) is 4.79 Å². The molecule has 0 fully saturated rings. The highest BCUT2D eigenvalue weighted by molar-refractivity contribution is 9.11. The van der Waals surface area contributed by atoms with Gasteiger partial charge in [0.15, 0.2) is 0 Å². The number of fused-ring (bicyclic) bond motifs is 1. The van der Waals surface area contributed by atoms with E-state index in [1.807, 2.05) is 36.4 Å². The zero-order valence-corrected chi connectivity index (χ0v) is 13.1. The van der Waals surface area contributed by atoms with Gasteiger partial charge in [0, 0.05) is 17.1 Å². The van der Waals surface area contributed by atoms with E-state index in [2.05, 4.69) is 27.8 Å². The highest BCUT2D eigenvalue weighted by Crippen LogP contribution is 2.36. The van der Waals surface area contributed by atoms with Crippen molar-refractivity contribution >= 4 is 38.9 Å². The summed E-state index contributed by atoms with van der Waals surface area (Å²) in [5.41, 5.74) is 1.59. The molecule has 1 atom stereocenters. The van der Waals surface area contributed by atoms with E-state index in [0.717, 1.165) is 14.4 Å². The third kappa shape index (κ3) is 2.27. The molecule has 1 aliphatic heterocycles. The molecule has 20 heavy (non-hydrogen) atoms. The SMILES string of the molecule is C=CCN1C(=O)c2ccccc2N[C@@H]1c1ccc(Br)s1. The smallest absolute Gasteiger partial charge is 0.258 e. The number of carbonyl (C=O) groups excluding carboxylic acids is 1. The van der Waals surface area contributed by atoms with Gasteiger partial charge in [-0.15, -0.1) is 17.9 Å². The van der Waals surface area contributed by atoms with Crippen LogP contribution in [-0.2, 0) is 0 Å². The molecule has 5 heteroatoms. The van der Waals surface area contributed by atoms with Crippen LogP contribution in [0.1, 0.15) is 21.4 Å². The fourth-order valence-corrected chi connectivity index (χ4v) is 3.81. The topological polar surface area (TPSA) is 32.3 Å². The van der Waals surface area contributed by atoms with Crippen LogP contribution in [0.5, 0.6) is 0 Å². The molecule has 3 rings (SSSR count).